The van der Waals surface area contributed by atoms with Crippen molar-refractivity contribution in [3.05, 3.63) is 18.6 Å². The minimum Gasteiger partial charge on any atom is -0.369 e. The largest absolute Gasteiger partial charge is 0.369 e. The molecule has 0 unspecified atom stereocenters. The Morgan fingerprint density at radius 1 is 1.29 bits per heavy atom. The zero-order chi connectivity index (χ0) is 15.3. The van der Waals surface area contributed by atoms with E-state index in [4.69, 9.17) is 0 Å². The number of sulfonamides is 1. The first-order valence-electron chi connectivity index (χ1n) is 6.78. The predicted octanol–water partition coefficient (Wildman–Crippen LogP) is 0.512. The Bertz CT molecular complexity index is 697. The van der Waals surface area contributed by atoms with Crippen LogP contribution < -0.4 is 15.4 Å². The minimum absolute atomic E-state index is 0.0232. The van der Waals surface area contributed by atoms with Crippen LogP contribution in [-0.4, -0.2) is 48.7 Å². The molecule has 2 rings (SSSR count). The van der Waals surface area contributed by atoms with E-state index in [2.05, 4.69) is 32.2 Å². The molecular formula is C12H20N6O2S. The fourth-order valence-electron chi connectivity index (χ4n) is 1.79. The molecule has 9 heteroatoms. The highest BCUT2D eigenvalue weighted by Crippen LogP contribution is 2.16. The fourth-order valence-corrected chi connectivity index (χ4v) is 2.37. The third-order valence-corrected chi connectivity index (χ3v) is 4.27. The number of hydrogen-bond donors (Lipinski definition) is 3. The molecule has 2 heterocycles. The van der Waals surface area contributed by atoms with Crippen LogP contribution in [0.3, 0.4) is 0 Å². The van der Waals surface area contributed by atoms with Crippen LogP contribution in [0.5, 0.6) is 0 Å². The van der Waals surface area contributed by atoms with E-state index in [9.17, 15) is 8.42 Å². The Morgan fingerprint density at radius 3 is 2.81 bits per heavy atom. The molecular weight excluding hydrogens is 292 g/mol. The summed E-state index contributed by atoms with van der Waals surface area (Å²) >= 11 is 0. The van der Waals surface area contributed by atoms with Crippen molar-refractivity contribution >= 4 is 27.3 Å². The number of rotatable bonds is 8. The zero-order valence-corrected chi connectivity index (χ0v) is 12.9. The lowest BCUT2D eigenvalue weighted by Crippen LogP contribution is -2.26. The topological polar surface area (TPSA) is 100 Å². The van der Waals surface area contributed by atoms with Crippen LogP contribution in [0, 0.1) is 0 Å². The molecule has 0 fully saturated rings. The molecule has 0 aliphatic rings. The maximum absolute atomic E-state index is 11.4. The van der Waals surface area contributed by atoms with Gasteiger partial charge in [0.05, 0.1) is 11.9 Å². The van der Waals surface area contributed by atoms with Crippen molar-refractivity contribution in [3.63, 3.8) is 0 Å². The molecule has 8 nitrogen and oxygen atoms in total. The molecule has 2 aromatic rings. The van der Waals surface area contributed by atoms with Crippen LogP contribution in [-0.2, 0) is 10.0 Å². The minimum atomic E-state index is -3.24. The Morgan fingerprint density at radius 2 is 2.10 bits per heavy atom. The van der Waals surface area contributed by atoms with E-state index in [0.29, 0.717) is 11.5 Å². The molecule has 0 aliphatic heterocycles. The second kappa shape index (κ2) is 6.72. The van der Waals surface area contributed by atoms with Gasteiger partial charge in [0.15, 0.2) is 11.5 Å². The summed E-state index contributed by atoms with van der Waals surface area (Å²) in [7, 11) is -1.84. The van der Waals surface area contributed by atoms with Crippen molar-refractivity contribution < 1.29 is 8.42 Å². The standard InChI is InChI=1S/C12H20N6O2S/c1-3-4-14-10-9-18-7-5-16-12(18)11(17-10)15-6-8-21(19,20)13-2/h5,7,9,13-14H,3-4,6,8H2,1-2H3,(H,15,17). The zero-order valence-electron chi connectivity index (χ0n) is 12.1. The second-order valence-electron chi connectivity index (χ2n) is 4.51. The van der Waals surface area contributed by atoms with Gasteiger partial charge in [0.25, 0.3) is 0 Å². The maximum atomic E-state index is 11.4. The van der Waals surface area contributed by atoms with Crippen LogP contribution in [0.4, 0.5) is 11.6 Å². The van der Waals surface area contributed by atoms with Crippen molar-refractivity contribution in [1.82, 2.24) is 19.1 Å². The van der Waals surface area contributed by atoms with E-state index in [1.165, 1.54) is 7.05 Å². The lowest BCUT2D eigenvalue weighted by atomic mass is 10.4. The van der Waals surface area contributed by atoms with Crippen molar-refractivity contribution in [2.75, 3.05) is 36.5 Å². The second-order valence-corrected chi connectivity index (χ2v) is 6.56. The summed E-state index contributed by atoms with van der Waals surface area (Å²) in [6.45, 7) is 3.15. The number of hydrogen-bond acceptors (Lipinski definition) is 6. The van der Waals surface area contributed by atoms with E-state index in [0.717, 1.165) is 18.8 Å². The number of nitrogens with zero attached hydrogens (tertiary/aromatic N) is 3. The van der Waals surface area contributed by atoms with Crippen LogP contribution in [0.15, 0.2) is 18.6 Å². The Balaban J connectivity index is 2.15. The van der Waals surface area contributed by atoms with Gasteiger partial charge in [-0.2, -0.15) is 0 Å². The van der Waals surface area contributed by atoms with Crippen LogP contribution >= 0.6 is 0 Å². The molecule has 116 valence electrons. The van der Waals surface area contributed by atoms with Crippen LogP contribution in [0.2, 0.25) is 0 Å². The van der Waals surface area contributed by atoms with Gasteiger partial charge < -0.3 is 15.0 Å². The summed E-state index contributed by atoms with van der Waals surface area (Å²) in [5.41, 5.74) is 0.666. The lowest BCUT2D eigenvalue weighted by Gasteiger charge is -2.10. The number of aromatic nitrogens is 3. The molecule has 3 N–H and O–H groups in total. The molecule has 0 saturated carbocycles. The summed E-state index contributed by atoms with van der Waals surface area (Å²) < 4.78 is 26.9. The smallest absolute Gasteiger partial charge is 0.213 e. The molecule has 0 amide bonds. The first-order chi connectivity index (χ1) is 10.1. The van der Waals surface area contributed by atoms with Crippen LogP contribution in [0.25, 0.3) is 5.65 Å². The normalized spacial score (nSPS) is 11.7. The van der Waals surface area contributed by atoms with Gasteiger partial charge in [-0.1, -0.05) is 6.92 Å². The average Bonchev–Trinajstić information content (AvgIpc) is 2.93. The number of nitrogens with one attached hydrogen (secondary N) is 3. The Hall–Kier alpha value is -1.87. The van der Waals surface area contributed by atoms with E-state index in [1.54, 1.807) is 6.20 Å². The molecule has 21 heavy (non-hydrogen) atoms. The van der Waals surface area contributed by atoms with Crippen molar-refractivity contribution in [2.24, 2.45) is 0 Å². The monoisotopic (exact) mass is 312 g/mol. The number of fused-ring (bicyclic) bond motifs is 1. The van der Waals surface area contributed by atoms with Gasteiger partial charge in [-0.05, 0) is 13.5 Å². The maximum Gasteiger partial charge on any atom is 0.213 e. The predicted molar refractivity (Wildman–Crippen MR) is 83.1 cm³/mol. The van der Waals surface area contributed by atoms with E-state index in [-0.39, 0.29) is 12.3 Å². The van der Waals surface area contributed by atoms with Gasteiger partial charge in [-0.15, -0.1) is 0 Å². The summed E-state index contributed by atoms with van der Waals surface area (Å²) in [5, 5.41) is 6.23. The molecule has 0 radical (unpaired) electrons. The average molecular weight is 312 g/mol. The van der Waals surface area contributed by atoms with E-state index < -0.39 is 10.0 Å². The molecule has 0 atom stereocenters. The summed E-state index contributed by atoms with van der Waals surface area (Å²) in [4.78, 5) is 8.66. The van der Waals surface area contributed by atoms with Gasteiger partial charge in [-0.3, -0.25) is 0 Å². The Labute approximate surface area is 124 Å². The van der Waals surface area contributed by atoms with Gasteiger partial charge in [0.2, 0.25) is 10.0 Å². The highest BCUT2D eigenvalue weighted by atomic mass is 32.2. The van der Waals surface area contributed by atoms with Gasteiger partial charge in [-0.25, -0.2) is 23.1 Å². The molecule has 0 aromatic carbocycles. The van der Waals surface area contributed by atoms with Crippen molar-refractivity contribution in [1.29, 1.82) is 0 Å². The molecule has 0 bridgehead atoms. The summed E-state index contributed by atoms with van der Waals surface area (Å²) in [6, 6.07) is 0. The molecule has 2 aromatic heterocycles. The van der Waals surface area contributed by atoms with Gasteiger partial charge in [0, 0.05) is 25.5 Å². The number of imidazole rings is 1. The Kier molecular flexibility index (Phi) is 4.97. The summed E-state index contributed by atoms with van der Waals surface area (Å²) in [6.07, 6.45) is 6.35. The van der Waals surface area contributed by atoms with E-state index in [1.807, 2.05) is 16.8 Å². The fraction of sp³-hybridized carbons (Fsp3) is 0.500. The molecule has 0 saturated heterocycles. The third kappa shape index (κ3) is 4.05. The van der Waals surface area contributed by atoms with Crippen LogP contribution in [0.1, 0.15) is 13.3 Å². The van der Waals surface area contributed by atoms with Gasteiger partial charge in [0.1, 0.15) is 5.82 Å². The number of anilines is 2. The molecule has 0 aliphatic carbocycles. The highest BCUT2D eigenvalue weighted by Gasteiger charge is 2.10. The quantitative estimate of drug-likeness (QED) is 0.657. The SMILES string of the molecule is CCCNc1cn2ccnc2c(NCCS(=O)(=O)NC)n1. The first-order valence-corrected chi connectivity index (χ1v) is 8.43. The third-order valence-electron chi connectivity index (χ3n) is 2.90. The van der Waals surface area contributed by atoms with Crippen molar-refractivity contribution in [3.8, 4) is 0 Å². The van der Waals surface area contributed by atoms with Crippen molar-refractivity contribution in [2.45, 2.75) is 13.3 Å². The first kappa shape index (κ1) is 15.5. The van der Waals surface area contributed by atoms with Gasteiger partial charge >= 0.3 is 0 Å². The summed E-state index contributed by atoms with van der Waals surface area (Å²) in [5.74, 6) is 1.26. The highest BCUT2D eigenvalue weighted by molar-refractivity contribution is 7.89. The lowest BCUT2D eigenvalue weighted by molar-refractivity contribution is 0.588. The van der Waals surface area contributed by atoms with E-state index >= 15 is 0 Å². The molecule has 0 spiro atoms.